The molecule has 0 spiro atoms. The van der Waals surface area contributed by atoms with Gasteiger partial charge in [-0.25, -0.2) is 0 Å². The van der Waals surface area contributed by atoms with Gasteiger partial charge < -0.3 is 29.9 Å². The Morgan fingerprint density at radius 1 is 1.26 bits per heavy atom. The summed E-state index contributed by atoms with van der Waals surface area (Å²) in [5, 5.41) is 38.7. The Morgan fingerprint density at radius 3 is 2.48 bits per heavy atom. The van der Waals surface area contributed by atoms with E-state index in [1.807, 2.05) is 20.8 Å². The van der Waals surface area contributed by atoms with Crippen molar-refractivity contribution < 1.29 is 34.7 Å². The lowest BCUT2D eigenvalue weighted by Crippen LogP contribution is -2.59. The Labute approximate surface area is 135 Å². The Hall–Kier alpha value is -0.830. The fourth-order valence-corrected chi connectivity index (χ4v) is 3.35. The van der Waals surface area contributed by atoms with Gasteiger partial charge in [0.1, 0.15) is 24.4 Å². The lowest BCUT2D eigenvalue weighted by molar-refractivity contribution is -0.303. The van der Waals surface area contributed by atoms with Gasteiger partial charge in [-0.15, -0.1) is 0 Å². The van der Waals surface area contributed by atoms with Crippen LogP contribution in [-0.2, 0) is 14.3 Å². The van der Waals surface area contributed by atoms with Crippen molar-refractivity contribution >= 4 is 5.78 Å². The van der Waals surface area contributed by atoms with Crippen LogP contribution in [0.5, 0.6) is 0 Å². The van der Waals surface area contributed by atoms with Crippen LogP contribution < -0.4 is 0 Å². The van der Waals surface area contributed by atoms with Crippen molar-refractivity contribution in [1.82, 2.24) is 0 Å². The fraction of sp³-hybridized carbons (Fsp3) is 0.812. The first kappa shape index (κ1) is 18.5. The van der Waals surface area contributed by atoms with Gasteiger partial charge in [-0.3, -0.25) is 4.79 Å². The van der Waals surface area contributed by atoms with Gasteiger partial charge in [-0.1, -0.05) is 19.4 Å². The van der Waals surface area contributed by atoms with E-state index in [1.165, 1.54) is 0 Å². The molecule has 0 bridgehead atoms. The normalized spacial score (nSPS) is 40.8. The van der Waals surface area contributed by atoms with Crippen molar-refractivity contribution in [3.8, 4) is 0 Å². The average molecular weight is 330 g/mol. The topological polar surface area (TPSA) is 116 Å². The van der Waals surface area contributed by atoms with E-state index in [-0.39, 0.29) is 23.7 Å². The van der Waals surface area contributed by atoms with Crippen molar-refractivity contribution in [2.24, 2.45) is 11.3 Å². The highest BCUT2D eigenvalue weighted by molar-refractivity contribution is 5.91. The summed E-state index contributed by atoms with van der Waals surface area (Å²) in [6, 6.07) is 0. The van der Waals surface area contributed by atoms with Crippen LogP contribution >= 0.6 is 0 Å². The third-order valence-corrected chi connectivity index (χ3v) is 4.79. The van der Waals surface area contributed by atoms with Gasteiger partial charge in [-0.05, 0) is 18.4 Å². The molecular formula is C16H26O7. The molecule has 0 radical (unpaired) electrons. The van der Waals surface area contributed by atoms with Crippen molar-refractivity contribution in [1.29, 1.82) is 0 Å². The van der Waals surface area contributed by atoms with E-state index in [2.05, 4.69) is 0 Å². The maximum atomic E-state index is 11.7. The molecule has 2 aliphatic rings. The molecule has 23 heavy (non-hydrogen) atoms. The van der Waals surface area contributed by atoms with Crippen LogP contribution in [0, 0.1) is 11.3 Å². The van der Waals surface area contributed by atoms with Gasteiger partial charge in [0.25, 0.3) is 0 Å². The number of ketones is 1. The summed E-state index contributed by atoms with van der Waals surface area (Å²) in [4.78, 5) is 11.7. The molecule has 0 aromatic carbocycles. The van der Waals surface area contributed by atoms with Crippen LogP contribution in [0.1, 0.15) is 27.2 Å². The van der Waals surface area contributed by atoms with Gasteiger partial charge >= 0.3 is 0 Å². The van der Waals surface area contributed by atoms with E-state index in [1.54, 1.807) is 6.08 Å². The van der Waals surface area contributed by atoms with Crippen molar-refractivity contribution in [3.63, 3.8) is 0 Å². The Balaban J connectivity index is 2.04. The van der Waals surface area contributed by atoms with Crippen LogP contribution in [0.3, 0.4) is 0 Å². The highest BCUT2D eigenvalue weighted by Crippen LogP contribution is 2.40. The van der Waals surface area contributed by atoms with Crippen LogP contribution in [0.15, 0.2) is 11.6 Å². The Kier molecular flexibility index (Phi) is 5.60. The van der Waals surface area contributed by atoms with E-state index in [9.17, 15) is 25.2 Å². The first-order valence-corrected chi connectivity index (χ1v) is 7.80. The highest BCUT2D eigenvalue weighted by Gasteiger charge is 2.45. The van der Waals surface area contributed by atoms with Gasteiger partial charge in [0.05, 0.1) is 13.2 Å². The summed E-state index contributed by atoms with van der Waals surface area (Å²) < 4.78 is 10.9. The fourth-order valence-electron chi connectivity index (χ4n) is 3.35. The number of hydrogen-bond acceptors (Lipinski definition) is 7. The van der Waals surface area contributed by atoms with Gasteiger partial charge in [0.2, 0.25) is 0 Å². The second-order valence-electron chi connectivity index (χ2n) is 7.10. The summed E-state index contributed by atoms with van der Waals surface area (Å²) in [6.07, 6.45) is -4.39. The number of aliphatic hydroxyl groups excluding tert-OH is 4. The van der Waals surface area contributed by atoms with Crippen molar-refractivity contribution in [2.45, 2.75) is 57.9 Å². The predicted molar refractivity (Wildman–Crippen MR) is 80.4 cm³/mol. The second kappa shape index (κ2) is 6.96. The molecule has 7 nitrogen and oxygen atoms in total. The number of ether oxygens (including phenoxy) is 2. The Bertz CT molecular complexity index is 471. The van der Waals surface area contributed by atoms with E-state index < -0.39 is 37.3 Å². The molecule has 0 amide bonds. The van der Waals surface area contributed by atoms with E-state index in [4.69, 9.17) is 9.47 Å². The van der Waals surface area contributed by atoms with E-state index in [0.717, 1.165) is 5.57 Å². The molecule has 132 valence electrons. The molecule has 1 saturated heterocycles. The molecule has 0 aromatic heterocycles. The molecule has 1 aliphatic carbocycles. The molecule has 4 N–H and O–H groups in total. The molecule has 2 rings (SSSR count). The minimum atomic E-state index is -1.46. The molecule has 0 aromatic rings. The smallest absolute Gasteiger partial charge is 0.186 e. The highest BCUT2D eigenvalue weighted by atomic mass is 16.7. The number of rotatable bonds is 4. The molecule has 1 fully saturated rings. The summed E-state index contributed by atoms with van der Waals surface area (Å²) >= 11 is 0. The average Bonchev–Trinajstić information content (AvgIpc) is 2.45. The number of carbonyl (C=O) groups is 1. The number of carbonyl (C=O) groups excluding carboxylic acids is 1. The van der Waals surface area contributed by atoms with Crippen molar-refractivity contribution in [3.05, 3.63) is 11.6 Å². The molecule has 1 aliphatic heterocycles. The van der Waals surface area contributed by atoms with E-state index in [0.29, 0.717) is 6.42 Å². The minimum Gasteiger partial charge on any atom is -0.394 e. The van der Waals surface area contributed by atoms with Crippen LogP contribution in [0.25, 0.3) is 0 Å². The second-order valence-corrected chi connectivity index (χ2v) is 7.10. The lowest BCUT2D eigenvalue weighted by atomic mass is 9.68. The first-order chi connectivity index (χ1) is 10.7. The monoisotopic (exact) mass is 330 g/mol. The third kappa shape index (κ3) is 3.81. The zero-order valence-corrected chi connectivity index (χ0v) is 13.7. The van der Waals surface area contributed by atoms with Gasteiger partial charge in [0.15, 0.2) is 12.1 Å². The molecule has 0 unspecified atom stereocenters. The number of hydrogen-bond donors (Lipinski definition) is 4. The maximum Gasteiger partial charge on any atom is 0.186 e. The zero-order valence-electron chi connectivity index (χ0n) is 13.7. The van der Waals surface area contributed by atoms with Crippen LogP contribution in [-0.4, -0.2) is 70.1 Å². The van der Waals surface area contributed by atoms with Crippen LogP contribution in [0.4, 0.5) is 0 Å². The molecule has 1 heterocycles. The predicted octanol–water partition coefficient (Wildman–Crippen LogP) is -0.636. The van der Waals surface area contributed by atoms with Crippen molar-refractivity contribution in [2.75, 3.05) is 13.2 Å². The first-order valence-electron chi connectivity index (χ1n) is 7.80. The lowest BCUT2D eigenvalue weighted by Gasteiger charge is -2.42. The third-order valence-electron chi connectivity index (χ3n) is 4.79. The van der Waals surface area contributed by atoms with Crippen LogP contribution in [0.2, 0.25) is 0 Å². The minimum absolute atomic E-state index is 0.0347. The SMILES string of the molecule is CC1=CC(=O)CC(C)(C)[C@H]1CO[C@@H]1O[C@H](CO)[C@@H](O)[C@H](O)[C@H]1O. The van der Waals surface area contributed by atoms with Gasteiger partial charge in [-0.2, -0.15) is 0 Å². The summed E-state index contributed by atoms with van der Waals surface area (Å²) in [6.45, 7) is 5.52. The molecule has 0 saturated carbocycles. The summed E-state index contributed by atoms with van der Waals surface area (Å²) in [5.74, 6) is 0.0455. The van der Waals surface area contributed by atoms with Gasteiger partial charge in [0, 0.05) is 12.3 Å². The largest absolute Gasteiger partial charge is 0.394 e. The number of allylic oxidation sites excluding steroid dienone is 1. The Morgan fingerprint density at radius 2 is 1.91 bits per heavy atom. The number of aliphatic hydroxyl groups is 4. The maximum absolute atomic E-state index is 11.7. The standard InChI is InChI=1S/C16H26O7/c1-8-4-9(18)5-16(2,3)10(8)7-22-15-14(21)13(20)12(19)11(6-17)23-15/h4,10-15,17,19-21H,5-7H2,1-3H3/t10-,11+,12+,13-,14+,15+/m0/s1. The quantitative estimate of drug-likeness (QED) is 0.542. The zero-order chi connectivity index (χ0) is 17.4. The van der Waals surface area contributed by atoms with E-state index >= 15 is 0 Å². The molecule has 6 atom stereocenters. The molecule has 7 heteroatoms. The summed E-state index contributed by atoms with van der Waals surface area (Å²) in [7, 11) is 0. The molecular weight excluding hydrogens is 304 g/mol. The summed E-state index contributed by atoms with van der Waals surface area (Å²) in [5.41, 5.74) is 0.611.